The molecule has 1 aliphatic rings. The number of primary amides is 1. The van der Waals surface area contributed by atoms with Gasteiger partial charge in [0.15, 0.2) is 6.04 Å². The predicted molar refractivity (Wildman–Crippen MR) is 90.3 cm³/mol. The maximum absolute atomic E-state index is 14.3. The Morgan fingerprint density at radius 3 is 2.43 bits per heavy atom. The normalized spacial score (nSPS) is 15.7. The molecule has 1 aromatic rings. The van der Waals surface area contributed by atoms with E-state index >= 15 is 0 Å². The molecule has 1 saturated heterocycles. The van der Waals surface area contributed by atoms with Crippen LogP contribution in [0.15, 0.2) is 18.2 Å². The molecule has 30 heavy (non-hydrogen) atoms. The fraction of sp³-hybridized carbons (Fsp3) is 0.375. The molecule has 4 N–H and O–H groups in total. The third-order valence-electron chi connectivity index (χ3n) is 3.91. The van der Waals surface area contributed by atoms with Gasteiger partial charge in [0.1, 0.15) is 12.4 Å². The second kappa shape index (κ2) is 9.02. The lowest BCUT2D eigenvalue weighted by Gasteiger charge is -2.27. The van der Waals surface area contributed by atoms with Gasteiger partial charge in [-0.05, 0) is 18.2 Å². The summed E-state index contributed by atoms with van der Waals surface area (Å²) in [5.74, 6) is -12.5. The molecule has 0 aromatic heterocycles. The largest absolute Gasteiger partial charge is 0.383 e. The quantitative estimate of drug-likeness (QED) is 0.408. The molecule has 0 radical (unpaired) electrons. The standard InChI is InChI=1S/C16H15F5N4O5/c17-8-5-7(25-3-4-30-6-10(25)26)1-2-9(8)23-13(28)11(12(22)27)24-15(29)16(20,21)14(18)19/h1-2,5,11,14H,3-4,6H2,(H2,22,27)(H,23,28)(H,24,29)/t11-/m1/s1. The van der Waals surface area contributed by atoms with Crippen molar-refractivity contribution < 1.29 is 45.9 Å². The summed E-state index contributed by atoms with van der Waals surface area (Å²) in [4.78, 5) is 47.6. The summed E-state index contributed by atoms with van der Waals surface area (Å²) in [7, 11) is 0. The first-order valence-corrected chi connectivity index (χ1v) is 8.20. The van der Waals surface area contributed by atoms with Crippen molar-refractivity contribution in [1.29, 1.82) is 0 Å². The summed E-state index contributed by atoms with van der Waals surface area (Å²) < 4.78 is 69.7. The third kappa shape index (κ3) is 5.00. The van der Waals surface area contributed by atoms with Gasteiger partial charge in [-0.2, -0.15) is 8.78 Å². The lowest BCUT2D eigenvalue weighted by molar-refractivity contribution is -0.171. The van der Waals surface area contributed by atoms with Crippen LogP contribution in [-0.4, -0.2) is 61.8 Å². The van der Waals surface area contributed by atoms with E-state index in [1.54, 1.807) is 0 Å². The lowest BCUT2D eigenvalue weighted by atomic mass is 10.2. The topological polar surface area (TPSA) is 131 Å². The highest BCUT2D eigenvalue weighted by Crippen LogP contribution is 2.24. The molecule has 0 spiro atoms. The highest BCUT2D eigenvalue weighted by atomic mass is 19.3. The van der Waals surface area contributed by atoms with Crippen molar-refractivity contribution in [2.75, 3.05) is 30.0 Å². The van der Waals surface area contributed by atoms with Crippen LogP contribution in [0.25, 0.3) is 0 Å². The maximum atomic E-state index is 14.3. The zero-order valence-electron chi connectivity index (χ0n) is 15.0. The molecule has 1 aliphatic heterocycles. The van der Waals surface area contributed by atoms with Crippen LogP contribution in [0.2, 0.25) is 0 Å². The smallest absolute Gasteiger partial charge is 0.370 e. The molecule has 164 valence electrons. The number of nitrogens with zero attached hydrogens (tertiary/aromatic N) is 1. The third-order valence-corrected chi connectivity index (χ3v) is 3.91. The molecular formula is C16H15F5N4O5. The minimum Gasteiger partial charge on any atom is -0.370 e. The van der Waals surface area contributed by atoms with Crippen molar-refractivity contribution in [2.45, 2.75) is 18.4 Å². The number of morpholine rings is 1. The molecule has 4 amide bonds. The molecule has 1 aromatic carbocycles. The fourth-order valence-electron chi connectivity index (χ4n) is 2.36. The molecule has 0 saturated carbocycles. The van der Waals surface area contributed by atoms with E-state index in [1.807, 2.05) is 5.32 Å². The maximum Gasteiger partial charge on any atom is 0.383 e. The number of carbonyl (C=O) groups is 4. The molecule has 0 bridgehead atoms. The van der Waals surface area contributed by atoms with Crippen molar-refractivity contribution in [2.24, 2.45) is 5.73 Å². The fourth-order valence-corrected chi connectivity index (χ4v) is 2.36. The molecule has 1 atom stereocenters. The van der Waals surface area contributed by atoms with Crippen molar-refractivity contribution in [1.82, 2.24) is 5.32 Å². The van der Waals surface area contributed by atoms with Crippen molar-refractivity contribution >= 4 is 35.0 Å². The van der Waals surface area contributed by atoms with Crippen molar-refractivity contribution in [3.05, 3.63) is 24.0 Å². The number of amides is 4. The molecule has 1 heterocycles. The molecule has 1 fully saturated rings. The summed E-state index contributed by atoms with van der Waals surface area (Å²) in [5.41, 5.74) is 4.42. The van der Waals surface area contributed by atoms with E-state index in [0.29, 0.717) is 0 Å². The average molecular weight is 438 g/mol. The first kappa shape index (κ1) is 23.0. The van der Waals surface area contributed by atoms with Crippen LogP contribution in [0.3, 0.4) is 0 Å². The average Bonchev–Trinajstić information content (AvgIpc) is 2.67. The summed E-state index contributed by atoms with van der Waals surface area (Å²) >= 11 is 0. The number of carbonyl (C=O) groups excluding carboxylic acids is 4. The lowest BCUT2D eigenvalue weighted by Crippen LogP contribution is -2.57. The van der Waals surface area contributed by atoms with E-state index in [2.05, 4.69) is 0 Å². The number of rotatable bonds is 7. The van der Waals surface area contributed by atoms with Gasteiger partial charge in [0.25, 0.3) is 17.7 Å². The van der Waals surface area contributed by atoms with Crippen LogP contribution in [-0.2, 0) is 23.9 Å². The number of anilines is 2. The number of halogens is 5. The number of nitrogens with two attached hydrogens (primary N) is 1. The first-order chi connectivity index (χ1) is 13.9. The Labute approximate surface area is 165 Å². The van der Waals surface area contributed by atoms with Crippen LogP contribution in [0.1, 0.15) is 0 Å². The van der Waals surface area contributed by atoms with Crippen LogP contribution < -0.4 is 21.3 Å². The van der Waals surface area contributed by atoms with Gasteiger partial charge in [-0.25, -0.2) is 13.2 Å². The highest BCUT2D eigenvalue weighted by molar-refractivity contribution is 6.12. The zero-order valence-corrected chi connectivity index (χ0v) is 15.0. The molecule has 0 aliphatic carbocycles. The predicted octanol–water partition coefficient (Wildman–Crippen LogP) is -0.00210. The number of benzene rings is 1. The van der Waals surface area contributed by atoms with E-state index in [9.17, 15) is 41.1 Å². The Bertz CT molecular complexity index is 866. The number of hydrogen-bond donors (Lipinski definition) is 3. The van der Waals surface area contributed by atoms with Crippen molar-refractivity contribution in [3.63, 3.8) is 0 Å². The number of alkyl halides is 4. The molecule has 14 heteroatoms. The molecule has 9 nitrogen and oxygen atoms in total. The Balaban J connectivity index is 2.15. The van der Waals surface area contributed by atoms with Crippen molar-refractivity contribution in [3.8, 4) is 0 Å². The molecule has 0 unspecified atom stereocenters. The van der Waals surface area contributed by atoms with Crippen LogP contribution in [0.5, 0.6) is 0 Å². The number of nitrogens with one attached hydrogen (secondary N) is 2. The first-order valence-electron chi connectivity index (χ1n) is 8.20. The number of hydrogen-bond acceptors (Lipinski definition) is 5. The molecular weight excluding hydrogens is 423 g/mol. The summed E-state index contributed by atoms with van der Waals surface area (Å²) in [6, 6.07) is 0.632. The van der Waals surface area contributed by atoms with Gasteiger partial charge < -0.3 is 26.0 Å². The van der Waals surface area contributed by atoms with E-state index in [4.69, 9.17) is 10.5 Å². The van der Waals surface area contributed by atoms with Crippen LogP contribution in [0, 0.1) is 5.82 Å². The van der Waals surface area contributed by atoms with E-state index < -0.39 is 53.5 Å². The Hall–Kier alpha value is -3.29. The summed E-state index contributed by atoms with van der Waals surface area (Å²) in [6.07, 6.45) is -4.40. The second-order valence-electron chi connectivity index (χ2n) is 5.98. The monoisotopic (exact) mass is 438 g/mol. The Kier molecular flexibility index (Phi) is 6.92. The zero-order chi connectivity index (χ0) is 22.6. The highest BCUT2D eigenvalue weighted by Gasteiger charge is 2.50. The van der Waals surface area contributed by atoms with E-state index in [1.165, 1.54) is 11.0 Å². The Morgan fingerprint density at radius 1 is 1.23 bits per heavy atom. The van der Waals surface area contributed by atoms with Gasteiger partial charge >= 0.3 is 12.3 Å². The van der Waals surface area contributed by atoms with E-state index in [0.717, 1.165) is 17.4 Å². The minimum absolute atomic E-state index is 0.134. The van der Waals surface area contributed by atoms with Gasteiger partial charge in [0.05, 0.1) is 12.3 Å². The second-order valence-corrected chi connectivity index (χ2v) is 5.98. The van der Waals surface area contributed by atoms with Gasteiger partial charge in [-0.3, -0.25) is 19.2 Å². The summed E-state index contributed by atoms with van der Waals surface area (Å²) in [6.45, 7) is 0.163. The van der Waals surface area contributed by atoms with Crippen LogP contribution in [0.4, 0.5) is 33.3 Å². The summed E-state index contributed by atoms with van der Waals surface area (Å²) in [5, 5.41) is 2.93. The van der Waals surface area contributed by atoms with Gasteiger partial charge in [-0.15, -0.1) is 0 Å². The molecule has 2 rings (SSSR count). The van der Waals surface area contributed by atoms with E-state index in [-0.39, 0.29) is 25.4 Å². The SMILES string of the molecule is NC(=O)[C@@H](NC(=O)C(F)(F)C(F)F)C(=O)Nc1ccc(N2CCOCC2=O)cc1F. The van der Waals surface area contributed by atoms with Gasteiger partial charge in [0, 0.05) is 12.2 Å². The Morgan fingerprint density at radius 2 is 1.90 bits per heavy atom. The van der Waals surface area contributed by atoms with Crippen LogP contribution >= 0.6 is 0 Å². The van der Waals surface area contributed by atoms with Gasteiger partial charge in [0.2, 0.25) is 5.91 Å². The van der Waals surface area contributed by atoms with Gasteiger partial charge in [-0.1, -0.05) is 0 Å². The number of ether oxygens (including phenoxy) is 1. The minimum atomic E-state index is -5.19.